The molecule has 0 unspecified atom stereocenters. The number of benzene rings is 2. The number of para-hydroxylation sites is 1. The number of carbonyl (C=O) groups excluding carboxylic acids is 1. The SMILES string of the molecule is O=C(Cc1scc(-c2ccc3nonc3c2)c1C(=O)O)c1cc2ccccc2o1. The first-order chi connectivity index (χ1) is 14.1. The number of hydrogen-bond donors (Lipinski definition) is 1. The Balaban J connectivity index is 1.51. The van der Waals surface area contributed by atoms with Crippen molar-refractivity contribution in [2.45, 2.75) is 6.42 Å². The minimum absolute atomic E-state index is 0.0557. The lowest BCUT2D eigenvalue weighted by Crippen LogP contribution is -2.06. The maximum atomic E-state index is 12.7. The molecule has 7 nitrogen and oxygen atoms in total. The molecule has 8 heteroatoms. The van der Waals surface area contributed by atoms with Crippen LogP contribution in [-0.4, -0.2) is 27.2 Å². The van der Waals surface area contributed by atoms with Gasteiger partial charge in [0.05, 0.1) is 5.56 Å². The number of ketones is 1. The van der Waals surface area contributed by atoms with Gasteiger partial charge >= 0.3 is 5.97 Å². The lowest BCUT2D eigenvalue weighted by molar-refractivity contribution is 0.0697. The normalized spacial score (nSPS) is 11.3. The zero-order valence-corrected chi connectivity index (χ0v) is 15.6. The van der Waals surface area contributed by atoms with Crippen molar-refractivity contribution in [1.29, 1.82) is 0 Å². The van der Waals surface area contributed by atoms with E-state index in [0.29, 0.717) is 32.6 Å². The smallest absolute Gasteiger partial charge is 0.337 e. The molecule has 0 saturated carbocycles. The molecule has 0 amide bonds. The van der Waals surface area contributed by atoms with E-state index in [1.807, 2.05) is 18.2 Å². The van der Waals surface area contributed by atoms with Crippen LogP contribution in [-0.2, 0) is 6.42 Å². The molecule has 0 aliphatic carbocycles. The number of carboxylic acids is 1. The molecule has 0 bridgehead atoms. The predicted molar refractivity (Wildman–Crippen MR) is 106 cm³/mol. The van der Waals surface area contributed by atoms with Gasteiger partial charge in [-0.05, 0) is 45.5 Å². The van der Waals surface area contributed by atoms with Crippen molar-refractivity contribution < 1.29 is 23.7 Å². The summed E-state index contributed by atoms with van der Waals surface area (Å²) in [5, 5.41) is 19.9. The summed E-state index contributed by atoms with van der Waals surface area (Å²) in [5.41, 5.74) is 3.04. The lowest BCUT2D eigenvalue weighted by atomic mass is 10.0. The van der Waals surface area contributed by atoms with Crippen molar-refractivity contribution in [2.24, 2.45) is 0 Å². The molecule has 0 atom stereocenters. The Morgan fingerprint density at radius 1 is 1.03 bits per heavy atom. The number of hydrogen-bond acceptors (Lipinski definition) is 7. The molecule has 5 rings (SSSR count). The number of rotatable bonds is 5. The van der Waals surface area contributed by atoms with Gasteiger partial charge in [-0.15, -0.1) is 11.3 Å². The number of thiophene rings is 1. The van der Waals surface area contributed by atoms with Gasteiger partial charge in [0.2, 0.25) is 5.78 Å². The maximum absolute atomic E-state index is 12.7. The molecule has 0 spiro atoms. The van der Waals surface area contributed by atoms with Crippen LogP contribution in [0.5, 0.6) is 0 Å². The summed E-state index contributed by atoms with van der Waals surface area (Å²) in [6, 6.07) is 14.2. The van der Waals surface area contributed by atoms with E-state index < -0.39 is 5.97 Å². The van der Waals surface area contributed by atoms with E-state index in [1.54, 1.807) is 35.7 Å². The Morgan fingerprint density at radius 3 is 2.69 bits per heavy atom. The van der Waals surface area contributed by atoms with Crippen molar-refractivity contribution in [3.8, 4) is 11.1 Å². The molecule has 3 heterocycles. The summed E-state index contributed by atoms with van der Waals surface area (Å²) in [6.45, 7) is 0. The van der Waals surface area contributed by atoms with E-state index in [4.69, 9.17) is 9.05 Å². The quantitative estimate of drug-likeness (QED) is 0.418. The first kappa shape index (κ1) is 17.3. The Kier molecular flexibility index (Phi) is 3.99. The number of Topliss-reactive ketones (excluding diaryl/α,β-unsaturated/α-hetero) is 1. The fraction of sp³-hybridized carbons (Fsp3) is 0.0476. The fourth-order valence-corrected chi connectivity index (χ4v) is 4.32. The molecule has 0 saturated heterocycles. The van der Waals surface area contributed by atoms with Crippen LogP contribution in [0.15, 0.2) is 63.0 Å². The van der Waals surface area contributed by atoms with Crippen LogP contribution in [0.2, 0.25) is 0 Å². The van der Waals surface area contributed by atoms with Gasteiger partial charge in [-0.3, -0.25) is 4.79 Å². The number of aromatic carboxylic acids is 1. The summed E-state index contributed by atoms with van der Waals surface area (Å²) in [7, 11) is 0. The van der Waals surface area contributed by atoms with Gasteiger partial charge in [-0.25, -0.2) is 9.42 Å². The number of fused-ring (bicyclic) bond motifs is 2. The standard InChI is InChI=1S/C21H12N2O5S/c24-16(18-8-12-3-1-2-4-17(12)27-18)9-19-20(21(25)26)13(10-29-19)11-5-6-14-15(7-11)23-28-22-14/h1-8,10H,9H2,(H,25,26). The Hall–Kier alpha value is -3.78. The number of aromatic nitrogens is 2. The minimum Gasteiger partial charge on any atom is -0.478 e. The second-order valence-corrected chi connectivity index (χ2v) is 7.43. The average Bonchev–Trinajstić information content (AvgIpc) is 3.44. The van der Waals surface area contributed by atoms with Crippen LogP contribution in [0, 0.1) is 0 Å². The first-order valence-corrected chi connectivity index (χ1v) is 9.56. The van der Waals surface area contributed by atoms with Crippen molar-refractivity contribution in [3.63, 3.8) is 0 Å². The highest BCUT2D eigenvalue weighted by Crippen LogP contribution is 2.34. The van der Waals surface area contributed by atoms with Gasteiger partial charge in [0.15, 0.2) is 5.76 Å². The predicted octanol–water partition coefficient (Wildman–Crippen LogP) is 4.82. The van der Waals surface area contributed by atoms with Crippen molar-refractivity contribution in [3.05, 3.63) is 70.1 Å². The Morgan fingerprint density at radius 2 is 1.86 bits per heavy atom. The van der Waals surface area contributed by atoms with Crippen molar-refractivity contribution in [1.82, 2.24) is 10.3 Å². The monoisotopic (exact) mass is 404 g/mol. The topological polar surface area (TPSA) is 106 Å². The molecular weight excluding hydrogens is 392 g/mol. The van der Waals surface area contributed by atoms with Gasteiger partial charge in [0, 0.05) is 22.2 Å². The van der Waals surface area contributed by atoms with E-state index >= 15 is 0 Å². The van der Waals surface area contributed by atoms with Crippen molar-refractivity contribution >= 4 is 45.1 Å². The maximum Gasteiger partial charge on any atom is 0.337 e. The molecule has 0 radical (unpaired) electrons. The molecule has 142 valence electrons. The molecular formula is C21H12N2O5S. The third-order valence-corrected chi connectivity index (χ3v) is 5.65. The van der Waals surface area contributed by atoms with E-state index in [1.165, 1.54) is 11.3 Å². The summed E-state index contributed by atoms with van der Waals surface area (Å²) in [6.07, 6.45) is -0.0557. The highest BCUT2D eigenvalue weighted by molar-refractivity contribution is 7.11. The summed E-state index contributed by atoms with van der Waals surface area (Å²) in [4.78, 5) is 25.2. The van der Waals surface area contributed by atoms with Crippen molar-refractivity contribution in [2.75, 3.05) is 0 Å². The third-order valence-electron chi connectivity index (χ3n) is 4.67. The van der Waals surface area contributed by atoms with Crippen LogP contribution in [0.25, 0.3) is 33.1 Å². The van der Waals surface area contributed by atoms with Crippen LogP contribution >= 0.6 is 11.3 Å². The number of furan rings is 1. The van der Waals surface area contributed by atoms with Crippen LogP contribution in [0.4, 0.5) is 0 Å². The molecule has 5 aromatic rings. The fourth-order valence-electron chi connectivity index (χ4n) is 3.28. The van der Waals surface area contributed by atoms with Crippen LogP contribution in [0.3, 0.4) is 0 Å². The summed E-state index contributed by atoms with van der Waals surface area (Å²) >= 11 is 1.23. The second-order valence-electron chi connectivity index (χ2n) is 6.47. The van der Waals surface area contributed by atoms with Crippen LogP contribution < -0.4 is 0 Å². The van der Waals surface area contributed by atoms with Gasteiger partial charge < -0.3 is 9.52 Å². The Labute approximate surface area is 167 Å². The van der Waals surface area contributed by atoms with Crippen LogP contribution in [0.1, 0.15) is 25.8 Å². The van der Waals surface area contributed by atoms with Gasteiger partial charge in [0.1, 0.15) is 16.6 Å². The molecule has 0 fully saturated rings. The minimum atomic E-state index is -1.09. The second kappa shape index (κ2) is 6.68. The number of carbonyl (C=O) groups is 2. The first-order valence-electron chi connectivity index (χ1n) is 8.68. The highest BCUT2D eigenvalue weighted by atomic mass is 32.1. The van der Waals surface area contributed by atoms with E-state index in [-0.39, 0.29) is 23.5 Å². The van der Waals surface area contributed by atoms with Gasteiger partial charge in [0.25, 0.3) is 0 Å². The summed E-state index contributed by atoms with van der Waals surface area (Å²) < 4.78 is 10.3. The van der Waals surface area contributed by atoms with E-state index in [9.17, 15) is 14.7 Å². The average molecular weight is 404 g/mol. The molecule has 29 heavy (non-hydrogen) atoms. The molecule has 1 N–H and O–H groups in total. The zero-order chi connectivity index (χ0) is 20.0. The lowest BCUT2D eigenvalue weighted by Gasteiger charge is -2.03. The Bertz CT molecular complexity index is 1360. The van der Waals surface area contributed by atoms with E-state index in [0.717, 1.165) is 5.39 Å². The number of carboxylic acid groups (broad SMARTS) is 1. The van der Waals surface area contributed by atoms with Gasteiger partial charge in [-0.1, -0.05) is 24.3 Å². The van der Waals surface area contributed by atoms with E-state index in [2.05, 4.69) is 10.3 Å². The molecule has 0 aliphatic rings. The zero-order valence-electron chi connectivity index (χ0n) is 14.8. The molecule has 2 aromatic carbocycles. The number of nitrogens with zero attached hydrogens (tertiary/aromatic N) is 2. The molecule has 0 aliphatic heterocycles. The summed E-state index contributed by atoms with van der Waals surface area (Å²) in [5.74, 6) is -1.15. The third kappa shape index (κ3) is 2.99. The highest BCUT2D eigenvalue weighted by Gasteiger charge is 2.23. The largest absolute Gasteiger partial charge is 0.478 e. The molecule has 3 aromatic heterocycles. The van der Waals surface area contributed by atoms with Gasteiger partial charge in [-0.2, -0.15) is 0 Å².